The zero-order valence-corrected chi connectivity index (χ0v) is 12.4. The van der Waals surface area contributed by atoms with Gasteiger partial charge in [0.15, 0.2) is 11.5 Å². The van der Waals surface area contributed by atoms with E-state index in [-0.39, 0.29) is 5.76 Å². The number of methoxy groups -OCH3 is 3. The molecule has 0 bridgehead atoms. The molecule has 0 atom stereocenters. The van der Waals surface area contributed by atoms with Crippen molar-refractivity contribution in [3.8, 4) is 11.5 Å². The fourth-order valence-corrected chi connectivity index (χ4v) is 1.63. The first-order valence-electron chi connectivity index (χ1n) is 4.95. The number of hydrogen-bond acceptors (Lipinski definition) is 5. The Labute approximate surface area is 119 Å². The van der Waals surface area contributed by atoms with Crippen molar-refractivity contribution in [2.45, 2.75) is 0 Å². The zero-order valence-electron chi connectivity index (χ0n) is 10.2. The van der Waals surface area contributed by atoms with Gasteiger partial charge in [0, 0.05) is 3.57 Å². The van der Waals surface area contributed by atoms with Gasteiger partial charge in [0.05, 0.1) is 21.3 Å². The van der Waals surface area contributed by atoms with Crippen LogP contribution in [0.5, 0.6) is 11.5 Å². The molecule has 0 aliphatic carbocycles. The first-order chi connectivity index (χ1) is 8.62. The summed E-state index contributed by atoms with van der Waals surface area (Å²) in [4.78, 5) is 11.5. The SMILES string of the molecule is CO/C=C(\Oc1cc(I)ccc1OC)C(=O)OC. The van der Waals surface area contributed by atoms with E-state index in [1.54, 1.807) is 12.1 Å². The monoisotopic (exact) mass is 364 g/mol. The molecule has 0 saturated carbocycles. The van der Waals surface area contributed by atoms with E-state index in [1.807, 2.05) is 6.07 Å². The van der Waals surface area contributed by atoms with Crippen LogP contribution in [0.3, 0.4) is 0 Å². The van der Waals surface area contributed by atoms with Gasteiger partial charge in [0.25, 0.3) is 0 Å². The van der Waals surface area contributed by atoms with E-state index in [1.165, 1.54) is 27.6 Å². The van der Waals surface area contributed by atoms with Gasteiger partial charge in [-0.05, 0) is 40.8 Å². The average molecular weight is 364 g/mol. The highest BCUT2D eigenvalue weighted by molar-refractivity contribution is 14.1. The number of esters is 1. The van der Waals surface area contributed by atoms with Crippen molar-refractivity contribution in [2.24, 2.45) is 0 Å². The van der Waals surface area contributed by atoms with E-state index in [4.69, 9.17) is 14.2 Å². The molecule has 0 saturated heterocycles. The molecule has 5 nitrogen and oxygen atoms in total. The fraction of sp³-hybridized carbons (Fsp3) is 0.250. The van der Waals surface area contributed by atoms with Crippen LogP contribution in [0.2, 0.25) is 0 Å². The van der Waals surface area contributed by atoms with Gasteiger partial charge >= 0.3 is 5.97 Å². The minimum atomic E-state index is -0.627. The maximum atomic E-state index is 11.5. The zero-order chi connectivity index (χ0) is 13.5. The molecule has 0 aromatic heterocycles. The van der Waals surface area contributed by atoms with E-state index in [0.29, 0.717) is 11.5 Å². The maximum absolute atomic E-state index is 11.5. The summed E-state index contributed by atoms with van der Waals surface area (Å²) in [7, 11) is 4.20. The summed E-state index contributed by atoms with van der Waals surface area (Å²) >= 11 is 2.13. The third-order valence-corrected chi connectivity index (χ3v) is 2.63. The highest BCUT2D eigenvalue weighted by Crippen LogP contribution is 2.30. The Bertz CT molecular complexity index is 456. The molecule has 18 heavy (non-hydrogen) atoms. The Hall–Kier alpha value is -1.44. The van der Waals surface area contributed by atoms with Crippen LogP contribution in [-0.2, 0) is 14.3 Å². The Morgan fingerprint density at radius 1 is 1.22 bits per heavy atom. The third-order valence-electron chi connectivity index (χ3n) is 1.96. The van der Waals surface area contributed by atoms with Gasteiger partial charge in [0.1, 0.15) is 6.26 Å². The van der Waals surface area contributed by atoms with E-state index < -0.39 is 5.97 Å². The van der Waals surface area contributed by atoms with Crippen LogP contribution in [0.25, 0.3) is 0 Å². The minimum Gasteiger partial charge on any atom is -0.500 e. The predicted octanol–water partition coefficient (Wildman–Crippen LogP) is 2.34. The molecule has 0 unspecified atom stereocenters. The molecule has 0 aliphatic heterocycles. The van der Waals surface area contributed by atoms with E-state index in [2.05, 4.69) is 27.3 Å². The van der Waals surface area contributed by atoms with Gasteiger partial charge < -0.3 is 18.9 Å². The number of carbonyl (C=O) groups is 1. The van der Waals surface area contributed by atoms with Gasteiger partial charge in [-0.1, -0.05) is 0 Å². The van der Waals surface area contributed by atoms with Crippen molar-refractivity contribution in [1.29, 1.82) is 0 Å². The Balaban J connectivity index is 3.03. The van der Waals surface area contributed by atoms with Gasteiger partial charge in [-0.2, -0.15) is 0 Å². The lowest BCUT2D eigenvalue weighted by atomic mass is 10.3. The van der Waals surface area contributed by atoms with Crippen LogP contribution < -0.4 is 9.47 Å². The number of rotatable bonds is 5. The van der Waals surface area contributed by atoms with Crippen LogP contribution in [0.4, 0.5) is 0 Å². The normalized spacial score (nSPS) is 10.8. The van der Waals surface area contributed by atoms with Crippen molar-refractivity contribution in [3.05, 3.63) is 33.8 Å². The molecule has 0 fully saturated rings. The van der Waals surface area contributed by atoms with Crippen molar-refractivity contribution >= 4 is 28.6 Å². The number of benzene rings is 1. The summed E-state index contributed by atoms with van der Waals surface area (Å²) in [5, 5.41) is 0. The Morgan fingerprint density at radius 2 is 1.94 bits per heavy atom. The summed E-state index contributed by atoms with van der Waals surface area (Å²) in [6.07, 6.45) is 1.17. The van der Waals surface area contributed by atoms with Gasteiger partial charge in [-0.15, -0.1) is 0 Å². The fourth-order valence-electron chi connectivity index (χ4n) is 1.17. The smallest absolute Gasteiger partial charge is 0.377 e. The highest BCUT2D eigenvalue weighted by atomic mass is 127. The van der Waals surface area contributed by atoms with Crippen molar-refractivity contribution in [1.82, 2.24) is 0 Å². The molecule has 0 aliphatic rings. The van der Waals surface area contributed by atoms with E-state index in [0.717, 1.165) is 3.57 Å². The molecule has 1 rings (SSSR count). The Morgan fingerprint density at radius 3 is 2.50 bits per heavy atom. The first-order valence-corrected chi connectivity index (χ1v) is 6.03. The second kappa shape index (κ2) is 7.10. The second-order valence-electron chi connectivity index (χ2n) is 3.11. The molecule has 0 spiro atoms. The summed E-state index contributed by atoms with van der Waals surface area (Å²) in [5.74, 6) is 0.248. The van der Waals surface area contributed by atoms with E-state index >= 15 is 0 Å². The van der Waals surface area contributed by atoms with E-state index in [9.17, 15) is 4.79 Å². The molecule has 0 amide bonds. The topological polar surface area (TPSA) is 54.0 Å². The third kappa shape index (κ3) is 3.80. The molecular weight excluding hydrogens is 351 g/mol. The predicted molar refractivity (Wildman–Crippen MR) is 73.4 cm³/mol. The van der Waals surface area contributed by atoms with Crippen LogP contribution >= 0.6 is 22.6 Å². The average Bonchev–Trinajstić information content (AvgIpc) is 2.37. The minimum absolute atomic E-state index is 0.0553. The largest absolute Gasteiger partial charge is 0.500 e. The maximum Gasteiger partial charge on any atom is 0.377 e. The molecule has 0 heterocycles. The molecule has 0 N–H and O–H groups in total. The molecule has 0 radical (unpaired) electrons. The lowest BCUT2D eigenvalue weighted by Gasteiger charge is -2.11. The lowest BCUT2D eigenvalue weighted by Crippen LogP contribution is -2.11. The summed E-state index contributed by atoms with van der Waals surface area (Å²) in [6, 6.07) is 5.36. The number of halogens is 1. The van der Waals surface area contributed by atoms with Crippen molar-refractivity contribution in [3.63, 3.8) is 0 Å². The number of hydrogen-bond donors (Lipinski definition) is 0. The lowest BCUT2D eigenvalue weighted by molar-refractivity contribution is -0.138. The molecule has 6 heteroatoms. The summed E-state index contributed by atoms with van der Waals surface area (Å²) < 4.78 is 20.9. The van der Waals surface area contributed by atoms with Gasteiger partial charge in [-0.3, -0.25) is 0 Å². The quantitative estimate of drug-likeness (QED) is 0.348. The summed E-state index contributed by atoms with van der Waals surface area (Å²) in [5.41, 5.74) is 0. The highest BCUT2D eigenvalue weighted by Gasteiger charge is 2.16. The van der Waals surface area contributed by atoms with Crippen LogP contribution in [0.1, 0.15) is 0 Å². The van der Waals surface area contributed by atoms with Crippen molar-refractivity contribution in [2.75, 3.05) is 21.3 Å². The standard InChI is InChI=1S/C12H13IO5/c1-15-7-11(12(14)17-3)18-10-6-8(13)4-5-9(10)16-2/h4-7H,1-3H3/b11-7-. The first kappa shape index (κ1) is 14.6. The van der Waals surface area contributed by atoms with Gasteiger partial charge in [-0.25, -0.2) is 4.79 Å². The Kier molecular flexibility index (Phi) is 5.76. The van der Waals surface area contributed by atoms with Crippen LogP contribution in [0, 0.1) is 3.57 Å². The molecule has 1 aromatic carbocycles. The molecule has 98 valence electrons. The number of carbonyl (C=O) groups excluding carboxylic acids is 1. The van der Waals surface area contributed by atoms with Gasteiger partial charge in [0.2, 0.25) is 5.76 Å². The van der Waals surface area contributed by atoms with Crippen LogP contribution in [0.15, 0.2) is 30.2 Å². The molecule has 1 aromatic rings. The van der Waals surface area contributed by atoms with Crippen molar-refractivity contribution < 1.29 is 23.7 Å². The molecular formula is C12H13IO5. The van der Waals surface area contributed by atoms with Crippen LogP contribution in [-0.4, -0.2) is 27.3 Å². The second-order valence-corrected chi connectivity index (χ2v) is 4.35. The number of ether oxygens (including phenoxy) is 4. The summed E-state index contributed by atoms with van der Waals surface area (Å²) in [6.45, 7) is 0.